The number of alkyl halides is 3. The largest absolute Gasteiger partial charge is 0.573 e. The Kier molecular flexibility index (Phi) is 4.54. The van der Waals surface area contributed by atoms with E-state index in [1.54, 1.807) is 13.2 Å². The molecule has 0 saturated heterocycles. The fourth-order valence-electron chi connectivity index (χ4n) is 4.57. The van der Waals surface area contributed by atoms with E-state index in [9.17, 15) is 18.0 Å². The molecule has 0 fully saturated rings. The van der Waals surface area contributed by atoms with E-state index in [4.69, 9.17) is 9.47 Å². The highest BCUT2D eigenvalue weighted by Crippen LogP contribution is 2.54. The van der Waals surface area contributed by atoms with Crippen LogP contribution in [0, 0.1) is 0 Å². The van der Waals surface area contributed by atoms with Gasteiger partial charge in [-0.3, -0.25) is 4.79 Å². The van der Waals surface area contributed by atoms with Crippen LogP contribution in [0.4, 0.5) is 18.9 Å². The lowest BCUT2D eigenvalue weighted by molar-refractivity contribution is -0.274. The van der Waals surface area contributed by atoms with Crippen molar-refractivity contribution in [1.82, 2.24) is 0 Å². The number of nitrogens with one attached hydrogen (secondary N) is 1. The monoisotopic (exact) mass is 441 g/mol. The van der Waals surface area contributed by atoms with Crippen molar-refractivity contribution in [1.29, 1.82) is 0 Å². The van der Waals surface area contributed by atoms with Crippen molar-refractivity contribution in [2.75, 3.05) is 12.4 Å². The molecule has 0 radical (unpaired) electrons. The zero-order valence-corrected chi connectivity index (χ0v) is 16.9. The Balaban J connectivity index is 1.61. The molecule has 164 valence electrons. The summed E-state index contributed by atoms with van der Waals surface area (Å²) >= 11 is 0. The van der Waals surface area contributed by atoms with Crippen molar-refractivity contribution in [2.45, 2.75) is 24.3 Å². The molecule has 0 aliphatic carbocycles. The van der Waals surface area contributed by atoms with Crippen molar-refractivity contribution >= 4 is 11.6 Å². The number of rotatable bonds is 4. The molecule has 3 aromatic rings. The maximum absolute atomic E-state index is 13.4. The Morgan fingerprint density at radius 2 is 1.72 bits per heavy atom. The van der Waals surface area contributed by atoms with Gasteiger partial charge in [-0.2, -0.15) is 0 Å². The summed E-state index contributed by atoms with van der Waals surface area (Å²) in [5.41, 5.74) is 1.60. The first-order chi connectivity index (χ1) is 15.3. The smallest absolute Gasteiger partial charge is 0.497 e. The van der Waals surface area contributed by atoms with Crippen LogP contribution in [0.1, 0.15) is 16.7 Å². The van der Waals surface area contributed by atoms with E-state index in [2.05, 4.69) is 10.1 Å². The number of fused-ring (bicyclic) bond motifs is 4. The number of carbonyl (C=O) groups excluding carboxylic acids is 1. The third-order valence-electron chi connectivity index (χ3n) is 5.90. The number of carbonyl (C=O) groups is 1. The molecular formula is C24H18F3NO4. The molecular weight excluding hydrogens is 423 g/mol. The van der Waals surface area contributed by atoms with Crippen LogP contribution >= 0.6 is 0 Å². The third-order valence-corrected chi connectivity index (χ3v) is 5.90. The number of para-hydroxylation sites is 1. The molecule has 5 rings (SSSR count). The molecule has 2 atom stereocenters. The summed E-state index contributed by atoms with van der Waals surface area (Å²) in [6.45, 7) is 0. The molecule has 0 aromatic heterocycles. The number of hydrogen-bond donors (Lipinski definition) is 1. The van der Waals surface area contributed by atoms with Gasteiger partial charge in [0.25, 0.3) is 0 Å². The van der Waals surface area contributed by atoms with Gasteiger partial charge in [0.1, 0.15) is 28.8 Å². The van der Waals surface area contributed by atoms with Crippen LogP contribution in [0.5, 0.6) is 17.2 Å². The molecule has 5 nitrogen and oxygen atoms in total. The minimum Gasteiger partial charge on any atom is -0.497 e. The number of ether oxygens (including phenoxy) is 3. The Hall–Kier alpha value is -3.68. The molecule has 2 heterocycles. The number of amides is 1. The zero-order valence-electron chi connectivity index (χ0n) is 16.9. The van der Waals surface area contributed by atoms with Crippen molar-refractivity contribution in [3.63, 3.8) is 0 Å². The number of anilines is 1. The molecule has 1 N–H and O–H groups in total. The van der Waals surface area contributed by atoms with Gasteiger partial charge in [-0.05, 0) is 35.4 Å². The van der Waals surface area contributed by atoms with Gasteiger partial charge < -0.3 is 19.5 Å². The average Bonchev–Trinajstić information content (AvgIpc) is 3.23. The fraction of sp³-hybridized carbons (Fsp3) is 0.208. The summed E-state index contributed by atoms with van der Waals surface area (Å²) in [5, 5.41) is 2.91. The van der Waals surface area contributed by atoms with Gasteiger partial charge in [-0.15, -0.1) is 13.2 Å². The quantitative estimate of drug-likeness (QED) is 0.630. The summed E-state index contributed by atoms with van der Waals surface area (Å²) in [6, 6.07) is 18.5. The summed E-state index contributed by atoms with van der Waals surface area (Å²) < 4.78 is 53.6. The molecule has 2 aliphatic rings. The molecule has 0 saturated carbocycles. The Morgan fingerprint density at radius 1 is 1.00 bits per heavy atom. The van der Waals surface area contributed by atoms with E-state index in [-0.39, 0.29) is 11.7 Å². The lowest BCUT2D eigenvalue weighted by Crippen LogP contribution is -2.46. The minimum absolute atomic E-state index is 0.192. The third kappa shape index (κ3) is 3.14. The van der Waals surface area contributed by atoms with E-state index in [1.165, 1.54) is 18.2 Å². The van der Waals surface area contributed by atoms with Crippen molar-refractivity contribution < 1.29 is 32.2 Å². The molecule has 2 aliphatic heterocycles. The Bertz CT molecular complexity index is 1190. The molecule has 3 aromatic carbocycles. The highest BCUT2D eigenvalue weighted by atomic mass is 19.4. The number of halogens is 3. The van der Waals surface area contributed by atoms with Gasteiger partial charge in [0.05, 0.1) is 7.11 Å². The first-order valence-corrected chi connectivity index (χ1v) is 9.92. The van der Waals surface area contributed by atoms with Crippen LogP contribution in [0.3, 0.4) is 0 Å². The van der Waals surface area contributed by atoms with Gasteiger partial charge in [-0.1, -0.05) is 36.4 Å². The second kappa shape index (κ2) is 7.19. The van der Waals surface area contributed by atoms with Crippen molar-refractivity contribution in [3.05, 3.63) is 83.4 Å². The maximum Gasteiger partial charge on any atom is 0.573 e. The lowest BCUT2D eigenvalue weighted by Gasteiger charge is -2.28. The van der Waals surface area contributed by atoms with Gasteiger partial charge in [0, 0.05) is 23.7 Å². The van der Waals surface area contributed by atoms with Crippen LogP contribution in [0.25, 0.3) is 0 Å². The molecule has 1 spiro atoms. The number of methoxy groups -OCH3 is 1. The SMILES string of the molecule is COc1ccc(CC2Oc3cc(OC(F)(F)F)ccc3C23C(=O)Nc2ccccc23)cc1. The molecule has 2 unspecified atom stereocenters. The lowest BCUT2D eigenvalue weighted by atomic mass is 9.71. The normalized spacial score (nSPS) is 21.0. The molecule has 0 bridgehead atoms. The van der Waals surface area contributed by atoms with Crippen LogP contribution in [0.2, 0.25) is 0 Å². The maximum atomic E-state index is 13.4. The second-order valence-electron chi connectivity index (χ2n) is 7.67. The minimum atomic E-state index is -4.83. The van der Waals surface area contributed by atoms with Crippen LogP contribution < -0.4 is 19.5 Å². The standard InChI is InChI=1S/C24H18F3NO4/c1-30-15-8-6-14(7-9-15)12-21-23(17-4-2-3-5-19(17)28-22(23)29)18-11-10-16(13-20(18)31-21)32-24(25,26)27/h2-11,13,21H,12H2,1H3,(H,28,29). The van der Waals surface area contributed by atoms with Gasteiger partial charge >= 0.3 is 6.36 Å². The van der Waals surface area contributed by atoms with Crippen molar-refractivity contribution in [2.24, 2.45) is 0 Å². The number of hydrogen-bond acceptors (Lipinski definition) is 4. The van der Waals surface area contributed by atoms with Crippen LogP contribution in [-0.4, -0.2) is 25.5 Å². The summed E-state index contributed by atoms with van der Waals surface area (Å²) in [5.74, 6) is 0.206. The summed E-state index contributed by atoms with van der Waals surface area (Å²) in [7, 11) is 1.57. The van der Waals surface area contributed by atoms with Crippen molar-refractivity contribution in [3.8, 4) is 17.2 Å². The Morgan fingerprint density at radius 3 is 2.44 bits per heavy atom. The highest BCUT2D eigenvalue weighted by molar-refractivity contribution is 6.10. The van der Waals surface area contributed by atoms with Gasteiger partial charge in [0.15, 0.2) is 0 Å². The van der Waals surface area contributed by atoms with E-state index < -0.39 is 23.6 Å². The van der Waals surface area contributed by atoms with E-state index in [0.29, 0.717) is 23.4 Å². The number of benzene rings is 3. The first-order valence-electron chi connectivity index (χ1n) is 9.92. The summed E-state index contributed by atoms with van der Waals surface area (Å²) in [6.07, 6.45) is -5.14. The Labute approximate surface area is 181 Å². The van der Waals surface area contributed by atoms with E-state index in [1.807, 2.05) is 42.5 Å². The summed E-state index contributed by atoms with van der Waals surface area (Å²) in [4.78, 5) is 13.4. The first kappa shape index (κ1) is 20.2. The van der Waals surface area contributed by atoms with Crippen LogP contribution in [0.15, 0.2) is 66.7 Å². The topological polar surface area (TPSA) is 56.8 Å². The van der Waals surface area contributed by atoms with E-state index >= 15 is 0 Å². The molecule has 8 heteroatoms. The predicted molar refractivity (Wildman–Crippen MR) is 110 cm³/mol. The molecule has 1 amide bonds. The second-order valence-corrected chi connectivity index (χ2v) is 7.67. The highest BCUT2D eigenvalue weighted by Gasteiger charge is 2.59. The average molecular weight is 441 g/mol. The van der Waals surface area contributed by atoms with Crippen LogP contribution in [-0.2, 0) is 16.6 Å². The van der Waals surface area contributed by atoms with Gasteiger partial charge in [0.2, 0.25) is 5.91 Å². The zero-order chi connectivity index (χ0) is 22.5. The predicted octanol–water partition coefficient (Wildman–Crippen LogP) is 4.84. The molecule has 32 heavy (non-hydrogen) atoms. The van der Waals surface area contributed by atoms with E-state index in [0.717, 1.165) is 11.1 Å². The fourth-order valence-corrected chi connectivity index (χ4v) is 4.57. The van der Waals surface area contributed by atoms with Gasteiger partial charge in [-0.25, -0.2) is 0 Å².